The summed E-state index contributed by atoms with van der Waals surface area (Å²) in [7, 11) is -1.38. The number of carbonyl (C=O) groups excluding carboxylic acids is 1. The molecule has 3 aromatic heterocycles. The summed E-state index contributed by atoms with van der Waals surface area (Å²) in [5, 5.41) is 27.4. The molecule has 3 N–H and O–H groups in total. The number of hydrogen-bond donors (Lipinski definition) is 3. The molecule has 2 aromatic carbocycles. The number of carbonyl (C=O) groups is 2. The van der Waals surface area contributed by atoms with Crippen LogP contribution in [0.2, 0.25) is 25.7 Å². The van der Waals surface area contributed by atoms with Crippen LogP contribution in [0.25, 0.3) is 22.2 Å². The number of anilines is 1. The molecule has 0 bridgehead atoms. The van der Waals surface area contributed by atoms with Gasteiger partial charge in [-0.05, 0) is 41.4 Å². The van der Waals surface area contributed by atoms with Crippen LogP contribution in [0.4, 0.5) is 10.5 Å². The summed E-state index contributed by atoms with van der Waals surface area (Å²) in [5.41, 5.74) is 2.34. The highest BCUT2D eigenvalue weighted by atomic mass is 28.3. The molecule has 5 rings (SSSR count). The van der Waals surface area contributed by atoms with Gasteiger partial charge >= 0.3 is 6.09 Å². The highest BCUT2D eigenvalue weighted by molar-refractivity contribution is 6.76. The van der Waals surface area contributed by atoms with Gasteiger partial charge in [0, 0.05) is 32.5 Å². The van der Waals surface area contributed by atoms with E-state index in [1.165, 1.54) is 23.0 Å². The van der Waals surface area contributed by atoms with Crippen molar-refractivity contribution in [1.82, 2.24) is 18.9 Å². The number of benzene rings is 2. The molecule has 12 heteroatoms. The second kappa shape index (κ2) is 12.8. The van der Waals surface area contributed by atoms with E-state index in [-0.39, 0.29) is 30.3 Å². The van der Waals surface area contributed by atoms with Crippen molar-refractivity contribution in [2.24, 2.45) is 0 Å². The Bertz CT molecular complexity index is 1870. The fourth-order valence-corrected chi connectivity index (χ4v) is 5.59. The molecule has 0 spiro atoms. The summed E-state index contributed by atoms with van der Waals surface area (Å²) < 4.78 is 9.88. The van der Waals surface area contributed by atoms with Crippen molar-refractivity contribution in [1.29, 1.82) is 0 Å². The summed E-state index contributed by atoms with van der Waals surface area (Å²) in [5.74, 6) is -0.438. The molecule has 0 saturated carbocycles. The third kappa shape index (κ3) is 7.05. The fourth-order valence-electron chi connectivity index (χ4n) is 4.83. The SMILES string of the molecule is C[Si](C)(C)CCOCn1cc(NC(=O)c2cnn(Cc3ccccc3)c2)cc(-c2cc3cc(CO)ccc3n2C(=O)O)c1=O. The highest BCUT2D eigenvalue weighted by Crippen LogP contribution is 2.29. The van der Waals surface area contributed by atoms with E-state index in [0.29, 0.717) is 35.2 Å². The van der Waals surface area contributed by atoms with Crippen LogP contribution in [-0.4, -0.2) is 55.8 Å². The van der Waals surface area contributed by atoms with Gasteiger partial charge in [0.2, 0.25) is 0 Å². The van der Waals surface area contributed by atoms with E-state index in [9.17, 15) is 24.6 Å². The third-order valence-corrected chi connectivity index (χ3v) is 8.87. The molecule has 3 heterocycles. The second-order valence-corrected chi connectivity index (χ2v) is 17.5. The Balaban J connectivity index is 1.50. The van der Waals surface area contributed by atoms with Crippen LogP contribution < -0.4 is 10.9 Å². The van der Waals surface area contributed by atoms with E-state index in [2.05, 4.69) is 30.1 Å². The van der Waals surface area contributed by atoms with Crippen molar-refractivity contribution in [2.45, 2.75) is 45.6 Å². The molecule has 5 aromatic rings. The number of nitrogens with zero attached hydrogens (tertiary/aromatic N) is 4. The smallest absolute Gasteiger partial charge is 0.416 e. The largest absolute Gasteiger partial charge is 0.464 e. The number of ether oxygens (including phenoxy) is 1. The first-order valence-electron chi connectivity index (χ1n) is 14.2. The minimum absolute atomic E-state index is 0.0699. The van der Waals surface area contributed by atoms with Crippen LogP contribution in [0.15, 0.2) is 84.0 Å². The first-order valence-corrected chi connectivity index (χ1v) is 17.9. The van der Waals surface area contributed by atoms with Crippen molar-refractivity contribution in [3.63, 3.8) is 0 Å². The van der Waals surface area contributed by atoms with Gasteiger partial charge in [0.05, 0.1) is 47.4 Å². The van der Waals surface area contributed by atoms with Gasteiger partial charge in [0.25, 0.3) is 11.5 Å². The Morgan fingerprint density at radius 2 is 1.77 bits per heavy atom. The van der Waals surface area contributed by atoms with Crippen molar-refractivity contribution >= 4 is 36.7 Å². The number of aliphatic hydroxyl groups excluding tert-OH is 1. The maximum atomic E-state index is 13.7. The summed E-state index contributed by atoms with van der Waals surface area (Å²) >= 11 is 0. The van der Waals surface area contributed by atoms with E-state index in [1.807, 2.05) is 30.3 Å². The maximum Gasteiger partial charge on any atom is 0.416 e. The Morgan fingerprint density at radius 3 is 2.48 bits per heavy atom. The molecule has 228 valence electrons. The fraction of sp³-hybridized carbons (Fsp3) is 0.250. The minimum atomic E-state index is -1.38. The first-order chi connectivity index (χ1) is 21.0. The number of pyridine rings is 1. The Labute approximate surface area is 255 Å². The zero-order valence-corrected chi connectivity index (χ0v) is 25.9. The van der Waals surface area contributed by atoms with Crippen molar-refractivity contribution in [3.05, 3.63) is 106 Å². The Hall–Kier alpha value is -4.78. The second-order valence-electron chi connectivity index (χ2n) is 11.8. The van der Waals surface area contributed by atoms with Gasteiger partial charge in [0.15, 0.2) is 0 Å². The molecule has 0 aliphatic carbocycles. The number of hydrogen-bond acceptors (Lipinski definition) is 6. The van der Waals surface area contributed by atoms with Gasteiger partial charge in [-0.3, -0.25) is 18.8 Å². The lowest BCUT2D eigenvalue weighted by Gasteiger charge is -2.17. The summed E-state index contributed by atoms with van der Waals surface area (Å²) in [4.78, 5) is 39.4. The monoisotopic (exact) mass is 613 g/mol. The maximum absolute atomic E-state index is 13.7. The summed E-state index contributed by atoms with van der Waals surface area (Å²) in [6.07, 6.45) is 3.32. The first kappa shape index (κ1) is 30.7. The third-order valence-electron chi connectivity index (χ3n) is 7.17. The normalized spacial score (nSPS) is 11.6. The number of fused-ring (bicyclic) bond motifs is 1. The molecule has 0 atom stereocenters. The quantitative estimate of drug-likeness (QED) is 0.136. The van der Waals surface area contributed by atoms with E-state index >= 15 is 0 Å². The molecule has 0 saturated heterocycles. The zero-order chi connectivity index (χ0) is 31.4. The lowest BCUT2D eigenvalue weighted by Crippen LogP contribution is -2.27. The summed E-state index contributed by atoms with van der Waals surface area (Å²) in [6, 6.07) is 18.6. The molecular formula is C32H35N5O6Si. The molecule has 0 unspecified atom stereocenters. The average molecular weight is 614 g/mol. The van der Waals surface area contributed by atoms with E-state index in [1.54, 1.807) is 35.1 Å². The lowest BCUT2D eigenvalue weighted by molar-refractivity contribution is 0.0849. The number of carboxylic acid groups (broad SMARTS) is 1. The number of aromatic nitrogens is 4. The molecule has 11 nitrogen and oxygen atoms in total. The standard InChI is InChI=1S/C32H35N5O6Si/c1-44(2,3)12-11-43-21-35-19-26(34-30(39)25-16-33-36(18-25)17-22-7-5-4-6-8-22)15-27(31(35)40)29-14-24-13-23(20-38)9-10-28(24)37(29)32(41)42/h4-10,13-16,18-19,38H,11-12,17,20-21H2,1-3H3,(H,34,39)(H,41,42). The number of aliphatic hydroxyl groups is 1. The Kier molecular flexibility index (Phi) is 8.95. The molecular weight excluding hydrogens is 578 g/mol. The van der Waals surface area contributed by atoms with Crippen LogP contribution in [0.5, 0.6) is 0 Å². The summed E-state index contributed by atoms with van der Waals surface area (Å²) in [6.45, 7) is 7.36. The zero-order valence-electron chi connectivity index (χ0n) is 24.9. The van der Waals surface area contributed by atoms with Crippen LogP contribution in [0.1, 0.15) is 21.5 Å². The van der Waals surface area contributed by atoms with Gasteiger partial charge in [-0.25, -0.2) is 9.36 Å². The van der Waals surface area contributed by atoms with Crippen molar-refractivity contribution < 1.29 is 24.5 Å². The van der Waals surface area contributed by atoms with Gasteiger partial charge in [0.1, 0.15) is 6.73 Å². The molecule has 1 amide bonds. The number of rotatable bonds is 11. The van der Waals surface area contributed by atoms with Gasteiger partial charge < -0.3 is 20.3 Å². The van der Waals surface area contributed by atoms with Gasteiger partial charge in [-0.1, -0.05) is 56.0 Å². The highest BCUT2D eigenvalue weighted by Gasteiger charge is 2.21. The van der Waals surface area contributed by atoms with Crippen LogP contribution in [0, 0.1) is 0 Å². The predicted octanol–water partition coefficient (Wildman–Crippen LogP) is 5.30. The van der Waals surface area contributed by atoms with Crippen LogP contribution in [0.3, 0.4) is 0 Å². The molecule has 0 fully saturated rings. The molecule has 0 aliphatic rings. The molecule has 0 radical (unpaired) electrons. The van der Waals surface area contributed by atoms with Crippen molar-refractivity contribution in [3.8, 4) is 11.3 Å². The van der Waals surface area contributed by atoms with Crippen molar-refractivity contribution in [2.75, 3.05) is 11.9 Å². The van der Waals surface area contributed by atoms with Gasteiger partial charge in [-0.15, -0.1) is 0 Å². The van der Waals surface area contributed by atoms with E-state index in [4.69, 9.17) is 4.74 Å². The van der Waals surface area contributed by atoms with E-state index < -0.39 is 25.6 Å². The minimum Gasteiger partial charge on any atom is -0.464 e. The molecule has 44 heavy (non-hydrogen) atoms. The Morgan fingerprint density at radius 1 is 1.00 bits per heavy atom. The van der Waals surface area contributed by atoms with Gasteiger partial charge in [-0.2, -0.15) is 5.10 Å². The lowest BCUT2D eigenvalue weighted by atomic mass is 10.1. The van der Waals surface area contributed by atoms with Crippen LogP contribution >= 0.6 is 0 Å². The average Bonchev–Trinajstić information content (AvgIpc) is 3.61. The number of nitrogens with one attached hydrogen (secondary N) is 1. The van der Waals surface area contributed by atoms with E-state index in [0.717, 1.165) is 16.2 Å². The number of amides is 1. The topological polar surface area (TPSA) is 141 Å². The molecule has 0 aliphatic heterocycles. The van der Waals surface area contributed by atoms with Crippen LogP contribution in [-0.2, 0) is 24.6 Å². The predicted molar refractivity (Wildman–Crippen MR) is 171 cm³/mol.